The molecule has 7 heteroatoms. The lowest BCUT2D eigenvalue weighted by atomic mass is 9.95. The number of benzene rings is 1. The average Bonchev–Trinajstić information content (AvgIpc) is 2.78. The average molecular weight is 396 g/mol. The fourth-order valence-electron chi connectivity index (χ4n) is 4.27. The first-order chi connectivity index (χ1) is 14.1. The van der Waals surface area contributed by atoms with Gasteiger partial charge in [0.1, 0.15) is 17.4 Å². The number of nitrogens with one attached hydrogen (secondary N) is 1. The van der Waals surface area contributed by atoms with Crippen molar-refractivity contribution in [1.29, 1.82) is 0 Å². The lowest BCUT2D eigenvalue weighted by Gasteiger charge is -2.33. The van der Waals surface area contributed by atoms with Crippen LogP contribution in [0.5, 0.6) is 5.75 Å². The molecular formula is C22H29N5O2. The summed E-state index contributed by atoms with van der Waals surface area (Å²) in [5.41, 5.74) is 3.01. The molecule has 154 valence electrons. The van der Waals surface area contributed by atoms with Crippen molar-refractivity contribution in [3.63, 3.8) is 0 Å². The number of piperidine rings is 1. The number of anilines is 1. The van der Waals surface area contributed by atoms with Gasteiger partial charge in [-0.3, -0.25) is 4.79 Å². The topological polar surface area (TPSA) is 70.6 Å². The van der Waals surface area contributed by atoms with Gasteiger partial charge in [-0.2, -0.15) is 0 Å². The van der Waals surface area contributed by atoms with Crippen molar-refractivity contribution < 1.29 is 9.53 Å². The van der Waals surface area contributed by atoms with Gasteiger partial charge in [0.05, 0.1) is 12.8 Å². The molecule has 1 amide bonds. The Morgan fingerprint density at radius 2 is 2.14 bits per heavy atom. The van der Waals surface area contributed by atoms with Crippen molar-refractivity contribution in [2.24, 2.45) is 0 Å². The maximum atomic E-state index is 13.0. The molecule has 0 spiro atoms. The third-order valence-corrected chi connectivity index (χ3v) is 5.90. The van der Waals surface area contributed by atoms with Crippen LogP contribution in [0.4, 0.5) is 5.82 Å². The van der Waals surface area contributed by atoms with Gasteiger partial charge in [-0.15, -0.1) is 0 Å². The zero-order chi connectivity index (χ0) is 20.4. The molecule has 2 aliphatic rings. The van der Waals surface area contributed by atoms with Crippen LogP contribution in [-0.4, -0.2) is 66.5 Å². The molecule has 3 heterocycles. The molecule has 0 radical (unpaired) electrons. The highest BCUT2D eigenvalue weighted by Gasteiger charge is 2.29. The second-order valence-corrected chi connectivity index (χ2v) is 7.92. The van der Waals surface area contributed by atoms with E-state index in [1.807, 2.05) is 30.1 Å². The van der Waals surface area contributed by atoms with Crippen LogP contribution in [0.1, 0.15) is 46.2 Å². The summed E-state index contributed by atoms with van der Waals surface area (Å²) in [6, 6.07) is 7.36. The van der Waals surface area contributed by atoms with Crippen LogP contribution in [0.2, 0.25) is 0 Å². The van der Waals surface area contributed by atoms with Crippen molar-refractivity contribution in [3.05, 3.63) is 46.9 Å². The molecular weight excluding hydrogens is 366 g/mol. The molecule has 1 atom stereocenters. The van der Waals surface area contributed by atoms with E-state index >= 15 is 0 Å². The standard InChI is InChI=1S/C22H29N5O2/c1-23-21-18-14-26(2)11-9-19(18)24-20(25-21)16-7-5-10-27(13-16)22(28)15-6-4-8-17(12-15)29-3/h4,6,8,12,16H,5,7,9-11,13-14H2,1-3H3,(H,23,24,25). The third kappa shape index (κ3) is 4.05. The van der Waals surface area contributed by atoms with Gasteiger partial charge in [0.25, 0.3) is 5.91 Å². The number of aromatic nitrogens is 2. The van der Waals surface area contributed by atoms with Crippen LogP contribution in [0.25, 0.3) is 0 Å². The van der Waals surface area contributed by atoms with Crippen LogP contribution in [0.3, 0.4) is 0 Å². The van der Waals surface area contributed by atoms with E-state index in [1.165, 1.54) is 5.56 Å². The van der Waals surface area contributed by atoms with E-state index in [2.05, 4.69) is 17.3 Å². The summed E-state index contributed by atoms with van der Waals surface area (Å²) in [6.07, 6.45) is 2.90. The molecule has 7 nitrogen and oxygen atoms in total. The summed E-state index contributed by atoms with van der Waals surface area (Å²) in [5, 5.41) is 3.26. The van der Waals surface area contributed by atoms with E-state index in [4.69, 9.17) is 14.7 Å². The molecule has 1 aromatic heterocycles. The first-order valence-corrected chi connectivity index (χ1v) is 10.3. The predicted molar refractivity (Wildman–Crippen MR) is 112 cm³/mol. The second kappa shape index (κ2) is 8.37. The number of rotatable bonds is 4. The van der Waals surface area contributed by atoms with Crippen molar-refractivity contribution in [2.45, 2.75) is 31.7 Å². The van der Waals surface area contributed by atoms with Gasteiger partial charge in [0.2, 0.25) is 0 Å². The Morgan fingerprint density at radius 3 is 2.93 bits per heavy atom. The quantitative estimate of drug-likeness (QED) is 0.858. The van der Waals surface area contributed by atoms with Gasteiger partial charge in [0, 0.05) is 56.7 Å². The number of carbonyl (C=O) groups excluding carboxylic acids is 1. The summed E-state index contributed by atoms with van der Waals surface area (Å²) < 4.78 is 5.27. The Hall–Kier alpha value is -2.67. The molecule has 1 fully saturated rings. The molecule has 1 saturated heterocycles. The van der Waals surface area contributed by atoms with Gasteiger partial charge >= 0.3 is 0 Å². The van der Waals surface area contributed by atoms with E-state index in [0.717, 1.165) is 56.2 Å². The molecule has 4 rings (SSSR count). The van der Waals surface area contributed by atoms with E-state index in [1.54, 1.807) is 13.2 Å². The normalized spacial score (nSPS) is 19.6. The van der Waals surface area contributed by atoms with Crippen molar-refractivity contribution >= 4 is 11.7 Å². The van der Waals surface area contributed by atoms with Crippen LogP contribution in [0.15, 0.2) is 24.3 Å². The van der Waals surface area contributed by atoms with Gasteiger partial charge in [0.15, 0.2) is 0 Å². The zero-order valence-electron chi connectivity index (χ0n) is 17.4. The van der Waals surface area contributed by atoms with Gasteiger partial charge in [-0.25, -0.2) is 9.97 Å². The molecule has 1 aromatic carbocycles. The minimum Gasteiger partial charge on any atom is -0.497 e. The van der Waals surface area contributed by atoms with Crippen molar-refractivity contribution in [1.82, 2.24) is 19.8 Å². The number of hydrogen-bond donors (Lipinski definition) is 1. The van der Waals surface area contributed by atoms with Crippen molar-refractivity contribution in [3.8, 4) is 5.75 Å². The van der Waals surface area contributed by atoms with Crippen LogP contribution < -0.4 is 10.1 Å². The summed E-state index contributed by atoms with van der Waals surface area (Å²) >= 11 is 0. The van der Waals surface area contributed by atoms with Crippen LogP contribution >= 0.6 is 0 Å². The molecule has 0 saturated carbocycles. The number of nitrogens with zero attached hydrogens (tertiary/aromatic N) is 4. The lowest BCUT2D eigenvalue weighted by molar-refractivity contribution is 0.0704. The Balaban J connectivity index is 1.56. The molecule has 0 aliphatic carbocycles. The van der Waals surface area contributed by atoms with E-state index in [-0.39, 0.29) is 11.8 Å². The largest absolute Gasteiger partial charge is 0.497 e. The van der Waals surface area contributed by atoms with Gasteiger partial charge < -0.3 is 19.9 Å². The number of amides is 1. The number of likely N-dealkylation sites (N-methyl/N-ethyl adjacent to an activating group) is 1. The minimum absolute atomic E-state index is 0.0435. The summed E-state index contributed by atoms with van der Waals surface area (Å²) in [4.78, 5) is 27.1. The van der Waals surface area contributed by atoms with Crippen LogP contribution in [-0.2, 0) is 13.0 Å². The molecule has 2 aliphatic heterocycles. The molecule has 0 bridgehead atoms. The fourth-order valence-corrected chi connectivity index (χ4v) is 4.27. The number of hydrogen-bond acceptors (Lipinski definition) is 6. The van der Waals surface area contributed by atoms with Crippen LogP contribution in [0, 0.1) is 0 Å². The maximum Gasteiger partial charge on any atom is 0.254 e. The highest BCUT2D eigenvalue weighted by Crippen LogP contribution is 2.30. The summed E-state index contributed by atoms with van der Waals surface area (Å²) in [6.45, 7) is 3.30. The van der Waals surface area contributed by atoms with Crippen molar-refractivity contribution in [2.75, 3.05) is 46.2 Å². The Kier molecular flexibility index (Phi) is 5.67. The van der Waals surface area contributed by atoms with E-state index < -0.39 is 0 Å². The second-order valence-electron chi connectivity index (χ2n) is 7.92. The molecule has 1 N–H and O–H groups in total. The number of carbonyl (C=O) groups is 1. The first-order valence-electron chi connectivity index (χ1n) is 10.3. The highest BCUT2D eigenvalue weighted by molar-refractivity contribution is 5.94. The number of ether oxygens (including phenoxy) is 1. The molecule has 2 aromatic rings. The number of fused-ring (bicyclic) bond motifs is 1. The summed E-state index contributed by atoms with van der Waals surface area (Å²) in [5.74, 6) is 2.69. The monoisotopic (exact) mass is 395 g/mol. The predicted octanol–water partition coefficient (Wildman–Crippen LogP) is 2.53. The van der Waals surface area contributed by atoms with Gasteiger partial charge in [-0.1, -0.05) is 6.07 Å². The minimum atomic E-state index is 0.0435. The fraction of sp³-hybridized carbons (Fsp3) is 0.500. The highest BCUT2D eigenvalue weighted by atomic mass is 16.5. The number of methoxy groups -OCH3 is 1. The van der Waals surface area contributed by atoms with Gasteiger partial charge in [-0.05, 0) is 38.1 Å². The Labute approximate surface area is 172 Å². The maximum absolute atomic E-state index is 13.0. The van der Waals surface area contributed by atoms with E-state index in [0.29, 0.717) is 17.9 Å². The third-order valence-electron chi connectivity index (χ3n) is 5.90. The smallest absolute Gasteiger partial charge is 0.254 e. The summed E-state index contributed by atoms with van der Waals surface area (Å²) in [7, 11) is 5.66. The zero-order valence-corrected chi connectivity index (χ0v) is 17.4. The number of likely N-dealkylation sites (tertiary alicyclic amines) is 1. The molecule has 1 unspecified atom stereocenters. The first kappa shape index (κ1) is 19.6. The Morgan fingerprint density at radius 1 is 1.28 bits per heavy atom. The van der Waals surface area contributed by atoms with E-state index in [9.17, 15) is 4.79 Å². The molecule has 29 heavy (non-hydrogen) atoms. The Bertz CT molecular complexity index is 884. The lowest BCUT2D eigenvalue weighted by Crippen LogP contribution is -2.40. The SMILES string of the molecule is CNc1nc(C2CCCN(C(=O)c3cccc(OC)c3)C2)nc2c1CN(C)CC2.